The molecule has 0 radical (unpaired) electrons. The molecule has 0 N–H and O–H groups in total. The first-order valence-electron chi connectivity index (χ1n) is 7.37. The molecule has 1 aromatic heterocycles. The summed E-state index contributed by atoms with van der Waals surface area (Å²) in [5.41, 5.74) is 4.61. The van der Waals surface area contributed by atoms with Gasteiger partial charge in [-0.15, -0.1) is 0 Å². The second-order valence-corrected chi connectivity index (χ2v) is 6.34. The number of aromatic carboxylic acids is 1. The molecule has 0 saturated heterocycles. The molecule has 0 saturated carbocycles. The van der Waals surface area contributed by atoms with Crippen molar-refractivity contribution in [2.45, 2.75) is 32.7 Å². The number of aryl methyl sites for hydroxylation is 2. The maximum Gasteiger partial charge on any atom is 1.00 e. The Hall–Kier alpha value is -1.15. The van der Waals surface area contributed by atoms with Gasteiger partial charge in [-0.05, 0) is 58.1 Å². The number of carbonyl (C=O) groups excluding carboxylic acids is 1. The molecule has 0 unspecified atom stereocenters. The molecule has 23 heavy (non-hydrogen) atoms. The van der Waals surface area contributed by atoms with E-state index in [2.05, 4.69) is 22.9 Å². The number of fused-ring (bicyclic) bond motifs is 3. The first-order chi connectivity index (χ1) is 10.6. The molecule has 0 aliphatic carbocycles. The molecule has 4 nitrogen and oxygen atoms in total. The van der Waals surface area contributed by atoms with Gasteiger partial charge in [0.05, 0.1) is 28.9 Å². The number of hydrogen-bond donors (Lipinski definition) is 0. The third-order valence-corrected chi connectivity index (χ3v) is 4.76. The number of hydrogen-bond acceptors (Lipinski definition) is 3. The minimum absolute atomic E-state index is 0. The number of halogens is 1. The normalized spacial score (nSPS) is 12.1. The zero-order chi connectivity index (χ0) is 15.9. The van der Waals surface area contributed by atoms with Crippen molar-refractivity contribution in [3.8, 4) is 17.0 Å². The third-order valence-electron chi connectivity index (χ3n) is 4.14. The number of carboxylic acids is 1. The quantitative estimate of drug-likeness (QED) is 0.701. The predicted octanol–water partition coefficient (Wildman–Crippen LogP) is -0.198. The number of methoxy groups -OCH3 is 1. The molecule has 0 bridgehead atoms. The van der Waals surface area contributed by atoms with E-state index < -0.39 is 5.97 Å². The number of nitrogens with zero attached hydrogens (tertiary/aromatic N) is 1. The summed E-state index contributed by atoms with van der Waals surface area (Å²) in [4.78, 5) is 11.4. The molecule has 6 heteroatoms. The maximum absolute atomic E-state index is 11.4. The van der Waals surface area contributed by atoms with E-state index >= 15 is 0 Å². The zero-order valence-electron chi connectivity index (χ0n) is 13.6. The average molecular weight is 370 g/mol. The van der Waals surface area contributed by atoms with Gasteiger partial charge in [0.2, 0.25) is 0 Å². The summed E-state index contributed by atoms with van der Waals surface area (Å²) in [5, 5.41) is 11.4. The Kier molecular flexibility index (Phi) is 5.67. The minimum Gasteiger partial charge on any atom is -0.543 e. The van der Waals surface area contributed by atoms with E-state index in [-0.39, 0.29) is 24.6 Å². The van der Waals surface area contributed by atoms with Crippen LogP contribution in [-0.4, -0.2) is 17.6 Å². The van der Waals surface area contributed by atoms with Crippen molar-refractivity contribution in [1.82, 2.24) is 4.57 Å². The molecule has 0 atom stereocenters. The van der Waals surface area contributed by atoms with Crippen molar-refractivity contribution in [3.05, 3.63) is 39.5 Å². The molecular formula is C17H17BrLiNO3. The van der Waals surface area contributed by atoms with Crippen LogP contribution in [0.2, 0.25) is 0 Å². The van der Waals surface area contributed by atoms with Crippen LogP contribution in [0.1, 0.15) is 35.0 Å². The number of ether oxygens (including phenoxy) is 1. The molecule has 0 amide bonds. The van der Waals surface area contributed by atoms with Crippen molar-refractivity contribution in [3.63, 3.8) is 0 Å². The van der Waals surface area contributed by atoms with E-state index in [9.17, 15) is 9.90 Å². The fourth-order valence-electron chi connectivity index (χ4n) is 3.20. The van der Waals surface area contributed by atoms with Gasteiger partial charge < -0.3 is 19.2 Å². The third kappa shape index (κ3) is 3.10. The molecule has 116 valence electrons. The van der Waals surface area contributed by atoms with E-state index in [1.165, 1.54) is 5.56 Å². The van der Waals surface area contributed by atoms with Gasteiger partial charge in [0.15, 0.2) is 0 Å². The summed E-state index contributed by atoms with van der Waals surface area (Å²) in [7, 11) is 1.65. The van der Waals surface area contributed by atoms with Crippen molar-refractivity contribution in [1.29, 1.82) is 0 Å². The van der Waals surface area contributed by atoms with Gasteiger partial charge in [0.1, 0.15) is 5.75 Å². The van der Waals surface area contributed by atoms with Crippen LogP contribution in [-0.2, 0) is 19.4 Å². The van der Waals surface area contributed by atoms with E-state index in [1.807, 2.05) is 16.7 Å². The second kappa shape index (κ2) is 7.17. The van der Waals surface area contributed by atoms with Crippen LogP contribution in [0.3, 0.4) is 0 Å². The Labute approximate surface area is 156 Å². The van der Waals surface area contributed by atoms with Gasteiger partial charge in [-0.3, -0.25) is 0 Å². The smallest absolute Gasteiger partial charge is 0.543 e. The zero-order valence-corrected chi connectivity index (χ0v) is 15.2. The fourth-order valence-corrected chi connectivity index (χ4v) is 3.70. The van der Waals surface area contributed by atoms with E-state index in [0.29, 0.717) is 6.54 Å². The second-order valence-electron chi connectivity index (χ2n) is 5.49. The number of aromatic nitrogens is 1. The van der Waals surface area contributed by atoms with Gasteiger partial charge in [0.25, 0.3) is 0 Å². The summed E-state index contributed by atoms with van der Waals surface area (Å²) in [6.07, 6.45) is 2.61. The number of carbonyl (C=O) groups is 1. The molecule has 0 fully saturated rings. The summed E-state index contributed by atoms with van der Waals surface area (Å²) < 4.78 is 8.11. The van der Waals surface area contributed by atoms with E-state index in [1.54, 1.807) is 13.2 Å². The van der Waals surface area contributed by atoms with Crippen LogP contribution in [0.5, 0.6) is 5.75 Å². The van der Waals surface area contributed by atoms with Gasteiger partial charge in [-0.2, -0.15) is 0 Å². The van der Waals surface area contributed by atoms with Crippen molar-refractivity contribution >= 4 is 21.9 Å². The van der Waals surface area contributed by atoms with Crippen LogP contribution in [0, 0.1) is 0 Å². The van der Waals surface area contributed by atoms with Gasteiger partial charge in [-0.25, -0.2) is 0 Å². The van der Waals surface area contributed by atoms with Crippen LogP contribution in [0.15, 0.2) is 22.7 Å². The standard InChI is InChI=1S/C17H18BrNO3.Li/c1-3-4-11-7-14(17(20)21)19-6-5-10-8-15(22-2)13(18)9-12(10)16(11)19;/h7-9H,3-6H2,1-2H3,(H,20,21);/q;+1/p-1. The summed E-state index contributed by atoms with van der Waals surface area (Å²) in [6.45, 7) is 2.75. The Balaban J connectivity index is 0.00000192. The Morgan fingerprint density at radius 1 is 1.39 bits per heavy atom. The van der Waals surface area contributed by atoms with Crippen LogP contribution < -0.4 is 28.7 Å². The topological polar surface area (TPSA) is 54.3 Å². The Morgan fingerprint density at radius 2 is 2.13 bits per heavy atom. The first-order valence-corrected chi connectivity index (χ1v) is 8.16. The van der Waals surface area contributed by atoms with Crippen molar-refractivity contribution in [2.75, 3.05) is 7.11 Å². The summed E-state index contributed by atoms with van der Waals surface area (Å²) in [6, 6.07) is 5.82. The van der Waals surface area contributed by atoms with Gasteiger partial charge in [-0.1, -0.05) is 13.3 Å². The minimum atomic E-state index is -1.11. The summed E-state index contributed by atoms with van der Waals surface area (Å²) >= 11 is 3.52. The number of carboxylic acid groups (broad SMARTS) is 1. The number of rotatable bonds is 4. The van der Waals surface area contributed by atoms with Gasteiger partial charge >= 0.3 is 18.9 Å². The van der Waals surface area contributed by atoms with Crippen LogP contribution in [0.4, 0.5) is 0 Å². The SMILES string of the molecule is CCCc1cc(C(=O)[O-])n2c1-c1cc(Br)c(OC)cc1CC2.[Li+]. The van der Waals surface area contributed by atoms with Crippen LogP contribution >= 0.6 is 15.9 Å². The van der Waals surface area contributed by atoms with E-state index in [4.69, 9.17) is 4.74 Å². The molecule has 1 aliphatic rings. The molecule has 1 aliphatic heterocycles. The summed E-state index contributed by atoms with van der Waals surface area (Å²) in [5.74, 6) is -0.310. The van der Waals surface area contributed by atoms with Crippen molar-refractivity contribution in [2.24, 2.45) is 0 Å². The average Bonchev–Trinajstić information content (AvgIpc) is 2.86. The molecule has 2 aromatic rings. The largest absolute Gasteiger partial charge is 1.00 e. The molecule has 1 aromatic carbocycles. The van der Waals surface area contributed by atoms with Gasteiger partial charge in [0, 0.05) is 12.1 Å². The molecule has 3 rings (SSSR count). The first kappa shape index (κ1) is 18.2. The Bertz CT molecular complexity index is 755. The maximum atomic E-state index is 11.4. The molecule has 0 spiro atoms. The number of benzene rings is 1. The molecule has 2 heterocycles. The Morgan fingerprint density at radius 3 is 2.74 bits per heavy atom. The molecular weight excluding hydrogens is 353 g/mol. The predicted molar refractivity (Wildman–Crippen MR) is 86.1 cm³/mol. The van der Waals surface area contributed by atoms with Crippen molar-refractivity contribution < 1.29 is 33.5 Å². The monoisotopic (exact) mass is 369 g/mol. The van der Waals surface area contributed by atoms with Crippen LogP contribution in [0.25, 0.3) is 11.3 Å². The fraction of sp³-hybridized carbons (Fsp3) is 0.353. The van der Waals surface area contributed by atoms with E-state index in [0.717, 1.165) is 46.3 Å².